The summed E-state index contributed by atoms with van der Waals surface area (Å²) < 4.78 is 11.0. The summed E-state index contributed by atoms with van der Waals surface area (Å²) >= 11 is 5.83. The number of amides is 1. The van der Waals surface area contributed by atoms with Crippen molar-refractivity contribution in [2.45, 2.75) is 32.8 Å². The number of rotatable bonds is 4. The molecule has 1 aromatic heterocycles. The van der Waals surface area contributed by atoms with Gasteiger partial charge in [0.15, 0.2) is 6.61 Å². The molecule has 0 fully saturated rings. The molecule has 0 saturated carbocycles. The lowest BCUT2D eigenvalue weighted by Gasteiger charge is -2.11. The van der Waals surface area contributed by atoms with Crippen molar-refractivity contribution in [2.75, 3.05) is 0 Å². The highest BCUT2D eigenvalue weighted by Crippen LogP contribution is 2.24. The fourth-order valence-electron chi connectivity index (χ4n) is 1.58. The number of carbonyl (C=O) groups is 1. The summed E-state index contributed by atoms with van der Waals surface area (Å²) in [5.74, 6) is 0.549. The summed E-state index contributed by atoms with van der Waals surface area (Å²) in [6, 6.07) is 4.63. The molecule has 6 nitrogen and oxygen atoms in total. The smallest absolute Gasteiger partial charge is 0.253 e. The van der Waals surface area contributed by atoms with Gasteiger partial charge in [-0.1, -0.05) is 32.4 Å². The van der Waals surface area contributed by atoms with Crippen LogP contribution in [0.4, 0.5) is 0 Å². The van der Waals surface area contributed by atoms with Crippen LogP contribution in [-0.2, 0) is 12.0 Å². The van der Waals surface area contributed by atoms with Gasteiger partial charge in [-0.25, -0.2) is 0 Å². The van der Waals surface area contributed by atoms with E-state index in [1.165, 1.54) is 6.07 Å². The van der Waals surface area contributed by atoms with E-state index in [4.69, 9.17) is 26.5 Å². The number of primary amides is 1. The number of benzene rings is 1. The van der Waals surface area contributed by atoms with Crippen molar-refractivity contribution in [3.8, 4) is 5.75 Å². The Morgan fingerprint density at radius 3 is 2.67 bits per heavy atom. The molecule has 0 unspecified atom stereocenters. The number of hydrogen-bond acceptors (Lipinski definition) is 5. The lowest BCUT2D eigenvalue weighted by molar-refractivity contribution is 0.0995. The van der Waals surface area contributed by atoms with E-state index in [0.29, 0.717) is 22.6 Å². The Morgan fingerprint density at radius 1 is 1.38 bits per heavy atom. The molecule has 1 heterocycles. The third kappa shape index (κ3) is 3.72. The Morgan fingerprint density at radius 2 is 2.10 bits per heavy atom. The maximum Gasteiger partial charge on any atom is 0.253 e. The summed E-state index contributed by atoms with van der Waals surface area (Å²) in [5, 5.41) is 8.27. The van der Waals surface area contributed by atoms with Gasteiger partial charge >= 0.3 is 0 Å². The standard InChI is InChI=1S/C14H16ClN3O3/c1-14(2,3)13-18-17-11(21-13)7-20-10-5-4-8(15)6-9(10)12(16)19/h4-6H,7H2,1-3H3,(H2,16,19). The number of halogens is 1. The first-order chi connectivity index (χ1) is 9.77. The minimum Gasteiger partial charge on any atom is -0.483 e. The van der Waals surface area contributed by atoms with Crippen molar-refractivity contribution in [3.05, 3.63) is 40.6 Å². The molecule has 0 spiro atoms. The molecule has 0 saturated heterocycles. The Bertz CT molecular complexity index is 662. The topological polar surface area (TPSA) is 91.2 Å². The normalized spacial score (nSPS) is 11.4. The molecule has 0 aliphatic carbocycles. The molecule has 1 aromatic carbocycles. The van der Waals surface area contributed by atoms with Crippen LogP contribution in [0.25, 0.3) is 0 Å². The number of carbonyl (C=O) groups excluding carboxylic acids is 1. The van der Waals surface area contributed by atoms with Gasteiger partial charge < -0.3 is 14.9 Å². The Labute approximate surface area is 127 Å². The summed E-state index contributed by atoms with van der Waals surface area (Å²) in [6.07, 6.45) is 0. The number of ether oxygens (including phenoxy) is 1. The first kappa shape index (κ1) is 15.3. The van der Waals surface area contributed by atoms with Gasteiger partial charge in [0.2, 0.25) is 5.89 Å². The summed E-state index contributed by atoms with van der Waals surface area (Å²) in [6.45, 7) is 5.95. The van der Waals surface area contributed by atoms with Crippen molar-refractivity contribution >= 4 is 17.5 Å². The second-order valence-electron chi connectivity index (χ2n) is 5.54. The van der Waals surface area contributed by atoms with Crippen LogP contribution >= 0.6 is 11.6 Å². The molecule has 2 aromatic rings. The van der Waals surface area contributed by atoms with E-state index in [2.05, 4.69) is 10.2 Å². The van der Waals surface area contributed by atoms with Crippen LogP contribution in [0.1, 0.15) is 42.9 Å². The maximum absolute atomic E-state index is 11.4. The SMILES string of the molecule is CC(C)(C)c1nnc(COc2ccc(Cl)cc2C(N)=O)o1. The molecule has 0 aliphatic rings. The Hall–Kier alpha value is -2.08. The van der Waals surface area contributed by atoms with E-state index >= 15 is 0 Å². The zero-order chi connectivity index (χ0) is 15.6. The van der Waals surface area contributed by atoms with Crippen LogP contribution in [0.15, 0.2) is 22.6 Å². The average Bonchev–Trinajstić information content (AvgIpc) is 2.85. The van der Waals surface area contributed by atoms with Gasteiger partial charge in [0, 0.05) is 10.4 Å². The lowest BCUT2D eigenvalue weighted by Crippen LogP contribution is -2.13. The molecule has 0 atom stereocenters. The molecule has 0 bridgehead atoms. The van der Waals surface area contributed by atoms with E-state index < -0.39 is 5.91 Å². The van der Waals surface area contributed by atoms with Crippen molar-refractivity contribution < 1.29 is 13.9 Å². The first-order valence-electron chi connectivity index (χ1n) is 6.32. The average molecular weight is 310 g/mol. The Kier molecular flexibility index (Phi) is 4.18. The van der Waals surface area contributed by atoms with Gasteiger partial charge in [-0.2, -0.15) is 0 Å². The predicted molar refractivity (Wildman–Crippen MR) is 77.3 cm³/mol. The maximum atomic E-state index is 11.4. The van der Waals surface area contributed by atoms with Crippen molar-refractivity contribution in [2.24, 2.45) is 5.73 Å². The van der Waals surface area contributed by atoms with Gasteiger partial charge in [-0.15, -0.1) is 10.2 Å². The Balaban J connectivity index is 2.13. The molecule has 0 aliphatic heterocycles. The van der Waals surface area contributed by atoms with Crippen LogP contribution in [-0.4, -0.2) is 16.1 Å². The van der Waals surface area contributed by atoms with Crippen LogP contribution in [0, 0.1) is 0 Å². The molecule has 21 heavy (non-hydrogen) atoms. The van der Waals surface area contributed by atoms with Gasteiger partial charge in [0.05, 0.1) is 5.56 Å². The van der Waals surface area contributed by atoms with E-state index in [-0.39, 0.29) is 17.6 Å². The van der Waals surface area contributed by atoms with Crippen molar-refractivity contribution in [1.82, 2.24) is 10.2 Å². The molecule has 0 radical (unpaired) electrons. The third-order valence-corrected chi connectivity index (χ3v) is 2.90. The second kappa shape index (κ2) is 5.73. The largest absolute Gasteiger partial charge is 0.483 e. The van der Waals surface area contributed by atoms with E-state index in [1.54, 1.807) is 12.1 Å². The van der Waals surface area contributed by atoms with Crippen LogP contribution in [0.2, 0.25) is 5.02 Å². The lowest BCUT2D eigenvalue weighted by atomic mass is 9.97. The number of nitrogens with zero attached hydrogens (tertiary/aromatic N) is 2. The fraction of sp³-hybridized carbons (Fsp3) is 0.357. The molecule has 2 rings (SSSR count). The third-order valence-electron chi connectivity index (χ3n) is 2.67. The highest BCUT2D eigenvalue weighted by Gasteiger charge is 2.21. The number of aromatic nitrogens is 2. The molecule has 2 N–H and O–H groups in total. The number of hydrogen-bond donors (Lipinski definition) is 1. The minimum absolute atomic E-state index is 0.0466. The van der Waals surface area contributed by atoms with E-state index in [9.17, 15) is 4.79 Å². The van der Waals surface area contributed by atoms with Gasteiger partial charge in [-0.05, 0) is 18.2 Å². The number of nitrogens with two attached hydrogens (primary N) is 1. The molecule has 7 heteroatoms. The molecule has 112 valence electrons. The molecule has 1 amide bonds. The van der Waals surface area contributed by atoms with Crippen molar-refractivity contribution in [1.29, 1.82) is 0 Å². The van der Waals surface area contributed by atoms with Gasteiger partial charge in [-0.3, -0.25) is 4.79 Å². The van der Waals surface area contributed by atoms with Crippen molar-refractivity contribution in [3.63, 3.8) is 0 Å². The quantitative estimate of drug-likeness (QED) is 0.937. The highest BCUT2D eigenvalue weighted by atomic mass is 35.5. The highest BCUT2D eigenvalue weighted by molar-refractivity contribution is 6.31. The summed E-state index contributed by atoms with van der Waals surface area (Å²) in [7, 11) is 0. The monoisotopic (exact) mass is 309 g/mol. The van der Waals surface area contributed by atoms with E-state index in [1.807, 2.05) is 20.8 Å². The summed E-state index contributed by atoms with van der Waals surface area (Å²) in [4.78, 5) is 11.4. The van der Waals surface area contributed by atoms with Crippen LogP contribution < -0.4 is 10.5 Å². The second-order valence-corrected chi connectivity index (χ2v) is 5.98. The molecular weight excluding hydrogens is 294 g/mol. The predicted octanol–water partition coefficient (Wildman–Crippen LogP) is 2.70. The first-order valence-corrected chi connectivity index (χ1v) is 6.70. The summed E-state index contributed by atoms with van der Waals surface area (Å²) in [5.41, 5.74) is 5.26. The van der Waals surface area contributed by atoms with Crippen LogP contribution in [0.5, 0.6) is 5.75 Å². The van der Waals surface area contributed by atoms with E-state index in [0.717, 1.165) is 0 Å². The minimum atomic E-state index is -0.617. The zero-order valence-corrected chi connectivity index (χ0v) is 12.8. The van der Waals surface area contributed by atoms with Crippen LogP contribution in [0.3, 0.4) is 0 Å². The van der Waals surface area contributed by atoms with Gasteiger partial charge in [0.25, 0.3) is 11.8 Å². The fourth-order valence-corrected chi connectivity index (χ4v) is 1.75. The van der Waals surface area contributed by atoms with Gasteiger partial charge in [0.1, 0.15) is 5.75 Å². The zero-order valence-electron chi connectivity index (χ0n) is 12.0. The molecular formula is C14H16ClN3O3.